The molecule has 0 spiro atoms. The lowest BCUT2D eigenvalue weighted by Crippen LogP contribution is -2.40. The molecular weight excluding hydrogens is 348 g/mol. The fraction of sp³-hybridized carbons (Fsp3) is 0.647. The van der Waals surface area contributed by atoms with Crippen LogP contribution in [0.25, 0.3) is 0 Å². The van der Waals surface area contributed by atoms with Crippen LogP contribution in [0.15, 0.2) is 18.7 Å². The molecule has 0 bridgehead atoms. The van der Waals surface area contributed by atoms with Crippen molar-refractivity contribution in [1.82, 2.24) is 24.5 Å². The maximum atomic E-state index is 5.45. The Bertz CT molecular complexity index is 663. The van der Waals surface area contributed by atoms with E-state index in [1.54, 1.807) is 6.20 Å². The molecular formula is C17H26N8O2. The van der Waals surface area contributed by atoms with Gasteiger partial charge in [-0.2, -0.15) is 15.0 Å². The molecule has 2 aromatic rings. The van der Waals surface area contributed by atoms with E-state index in [2.05, 4.69) is 34.6 Å². The first-order valence-electron chi connectivity index (χ1n) is 9.49. The van der Waals surface area contributed by atoms with Crippen LogP contribution < -0.4 is 15.1 Å². The van der Waals surface area contributed by atoms with Crippen LogP contribution in [-0.4, -0.2) is 83.7 Å². The number of hydrogen-bond acceptors (Lipinski definition) is 9. The molecule has 0 aromatic carbocycles. The van der Waals surface area contributed by atoms with E-state index in [1.165, 1.54) is 0 Å². The fourth-order valence-corrected chi connectivity index (χ4v) is 3.12. The topological polar surface area (TPSA) is 93.5 Å². The van der Waals surface area contributed by atoms with Crippen LogP contribution in [0.1, 0.15) is 6.42 Å². The van der Waals surface area contributed by atoms with Crippen molar-refractivity contribution in [3.05, 3.63) is 18.7 Å². The molecule has 2 saturated heterocycles. The highest BCUT2D eigenvalue weighted by Gasteiger charge is 2.20. The normalized spacial score (nSPS) is 17.9. The van der Waals surface area contributed by atoms with E-state index in [0.717, 1.165) is 45.7 Å². The van der Waals surface area contributed by atoms with Gasteiger partial charge in [-0.25, -0.2) is 4.98 Å². The summed E-state index contributed by atoms with van der Waals surface area (Å²) in [7, 11) is 0. The second-order valence-electron chi connectivity index (χ2n) is 6.54. The van der Waals surface area contributed by atoms with Gasteiger partial charge in [0.25, 0.3) is 0 Å². The van der Waals surface area contributed by atoms with Crippen LogP contribution in [0.2, 0.25) is 0 Å². The zero-order valence-corrected chi connectivity index (χ0v) is 15.5. The molecule has 0 atom stereocenters. The lowest BCUT2D eigenvalue weighted by atomic mass is 10.4. The molecule has 2 aliphatic heterocycles. The largest absolute Gasteiger partial charge is 0.378 e. The molecule has 146 valence electrons. The summed E-state index contributed by atoms with van der Waals surface area (Å²) in [6, 6.07) is 0. The summed E-state index contributed by atoms with van der Waals surface area (Å²) in [4.78, 5) is 22.4. The second kappa shape index (κ2) is 8.96. The molecule has 4 heterocycles. The van der Waals surface area contributed by atoms with Crippen molar-refractivity contribution in [3.8, 4) is 0 Å². The Balaban J connectivity index is 1.44. The Morgan fingerprint density at radius 3 is 2.07 bits per heavy atom. The van der Waals surface area contributed by atoms with Crippen molar-refractivity contribution < 1.29 is 9.47 Å². The fourth-order valence-electron chi connectivity index (χ4n) is 3.12. The zero-order chi connectivity index (χ0) is 18.3. The third-order valence-electron chi connectivity index (χ3n) is 4.64. The van der Waals surface area contributed by atoms with Gasteiger partial charge in [0.2, 0.25) is 17.8 Å². The standard InChI is InChI=1S/C17H26N8O2/c1(4-23-5-3-18-14-23)2-19-15-20-16(24-6-10-26-11-7-24)22-17(21-15)25-8-12-27-13-9-25/h3,5,14H,1-2,4,6-13H2,(H,19,20,21,22). The minimum Gasteiger partial charge on any atom is -0.378 e. The van der Waals surface area contributed by atoms with Crippen molar-refractivity contribution in [2.75, 3.05) is 74.3 Å². The SMILES string of the molecule is c1cn(CCCNc2nc(N3CCOCC3)nc(N3CCOCC3)n2)cn1. The second-order valence-corrected chi connectivity index (χ2v) is 6.54. The minimum absolute atomic E-state index is 0.624. The van der Waals surface area contributed by atoms with Crippen LogP contribution in [0.3, 0.4) is 0 Å². The molecule has 0 aliphatic carbocycles. The first-order chi connectivity index (χ1) is 13.4. The number of aromatic nitrogens is 5. The number of rotatable bonds is 7. The van der Waals surface area contributed by atoms with E-state index in [9.17, 15) is 0 Å². The maximum absolute atomic E-state index is 5.45. The van der Waals surface area contributed by atoms with E-state index in [1.807, 2.05) is 12.5 Å². The third-order valence-corrected chi connectivity index (χ3v) is 4.64. The molecule has 27 heavy (non-hydrogen) atoms. The van der Waals surface area contributed by atoms with Gasteiger partial charge in [0, 0.05) is 51.7 Å². The van der Waals surface area contributed by atoms with Crippen molar-refractivity contribution in [1.29, 1.82) is 0 Å². The quantitative estimate of drug-likeness (QED) is 0.684. The highest BCUT2D eigenvalue weighted by atomic mass is 16.5. The predicted octanol–water partition coefficient (Wildman–Crippen LogP) is 0.244. The van der Waals surface area contributed by atoms with Crippen LogP contribution in [-0.2, 0) is 16.0 Å². The highest BCUT2D eigenvalue weighted by molar-refractivity contribution is 5.45. The number of imidazole rings is 1. The molecule has 0 unspecified atom stereocenters. The average Bonchev–Trinajstić information content (AvgIpc) is 3.26. The van der Waals surface area contributed by atoms with Crippen molar-refractivity contribution in [3.63, 3.8) is 0 Å². The molecule has 0 radical (unpaired) electrons. The number of ether oxygens (including phenoxy) is 2. The van der Waals surface area contributed by atoms with Gasteiger partial charge in [0.1, 0.15) is 0 Å². The first-order valence-corrected chi connectivity index (χ1v) is 9.49. The van der Waals surface area contributed by atoms with Gasteiger partial charge < -0.3 is 29.2 Å². The van der Waals surface area contributed by atoms with Gasteiger partial charge >= 0.3 is 0 Å². The average molecular weight is 374 g/mol. The summed E-state index contributed by atoms with van der Waals surface area (Å²) in [6.45, 7) is 7.69. The van der Waals surface area contributed by atoms with E-state index < -0.39 is 0 Å². The highest BCUT2D eigenvalue weighted by Crippen LogP contribution is 2.18. The molecule has 1 N–H and O–H groups in total. The monoisotopic (exact) mass is 374 g/mol. The molecule has 2 aromatic heterocycles. The number of hydrogen-bond donors (Lipinski definition) is 1. The smallest absolute Gasteiger partial charge is 0.232 e. The summed E-state index contributed by atoms with van der Waals surface area (Å²) < 4.78 is 13.0. The molecule has 10 heteroatoms. The van der Waals surface area contributed by atoms with Gasteiger partial charge in [-0.1, -0.05) is 0 Å². The maximum Gasteiger partial charge on any atom is 0.232 e. The van der Waals surface area contributed by atoms with Crippen LogP contribution >= 0.6 is 0 Å². The molecule has 0 amide bonds. The van der Waals surface area contributed by atoms with Crippen LogP contribution in [0.4, 0.5) is 17.8 Å². The summed E-state index contributed by atoms with van der Waals surface area (Å²) in [5.41, 5.74) is 0. The number of morpholine rings is 2. The summed E-state index contributed by atoms with van der Waals surface area (Å²) in [5, 5.41) is 3.35. The molecule has 10 nitrogen and oxygen atoms in total. The number of anilines is 3. The summed E-state index contributed by atoms with van der Waals surface area (Å²) in [6.07, 6.45) is 6.55. The van der Waals surface area contributed by atoms with E-state index >= 15 is 0 Å². The van der Waals surface area contributed by atoms with Gasteiger partial charge in [-0.05, 0) is 6.42 Å². The number of aryl methyl sites for hydroxylation is 1. The van der Waals surface area contributed by atoms with E-state index in [0.29, 0.717) is 44.3 Å². The molecule has 2 aliphatic rings. The lowest BCUT2D eigenvalue weighted by molar-refractivity contribution is 0.121. The predicted molar refractivity (Wildman–Crippen MR) is 101 cm³/mol. The van der Waals surface area contributed by atoms with Gasteiger partial charge in [-0.15, -0.1) is 0 Å². The van der Waals surface area contributed by atoms with Gasteiger partial charge in [-0.3, -0.25) is 0 Å². The van der Waals surface area contributed by atoms with Crippen molar-refractivity contribution >= 4 is 17.8 Å². The summed E-state index contributed by atoms with van der Waals surface area (Å²) in [5.74, 6) is 2.05. The zero-order valence-electron chi connectivity index (χ0n) is 15.5. The minimum atomic E-state index is 0.624. The molecule has 0 saturated carbocycles. The lowest BCUT2D eigenvalue weighted by Gasteiger charge is -2.30. The Kier molecular flexibility index (Phi) is 5.95. The van der Waals surface area contributed by atoms with Crippen molar-refractivity contribution in [2.24, 2.45) is 0 Å². The Morgan fingerprint density at radius 2 is 1.52 bits per heavy atom. The van der Waals surface area contributed by atoms with Gasteiger partial charge in [0.15, 0.2) is 0 Å². The van der Waals surface area contributed by atoms with Gasteiger partial charge in [0.05, 0.1) is 32.8 Å². The van der Waals surface area contributed by atoms with Crippen LogP contribution in [0.5, 0.6) is 0 Å². The molecule has 4 rings (SSSR count). The van der Waals surface area contributed by atoms with E-state index in [4.69, 9.17) is 14.5 Å². The Hall–Kier alpha value is -2.46. The number of nitrogens with zero attached hydrogens (tertiary/aromatic N) is 7. The Labute approximate surface area is 158 Å². The van der Waals surface area contributed by atoms with E-state index in [-0.39, 0.29) is 0 Å². The first kappa shape index (κ1) is 17.9. The number of nitrogens with one attached hydrogen (secondary N) is 1. The van der Waals surface area contributed by atoms with Crippen molar-refractivity contribution in [2.45, 2.75) is 13.0 Å². The third kappa shape index (κ3) is 4.83. The summed E-state index contributed by atoms with van der Waals surface area (Å²) >= 11 is 0. The molecule has 2 fully saturated rings. The van der Waals surface area contributed by atoms with Crippen LogP contribution in [0, 0.1) is 0 Å². The Morgan fingerprint density at radius 1 is 0.889 bits per heavy atom.